The van der Waals surface area contributed by atoms with Gasteiger partial charge in [0, 0.05) is 44.4 Å². The lowest BCUT2D eigenvalue weighted by atomic mass is 9.95. The predicted octanol–water partition coefficient (Wildman–Crippen LogP) is 12.8. The summed E-state index contributed by atoms with van der Waals surface area (Å²) in [6, 6.07) is 51.5. The van der Waals surface area contributed by atoms with E-state index in [4.69, 9.17) is 13.8 Å². The van der Waals surface area contributed by atoms with E-state index in [0.717, 1.165) is 77.0 Å². The van der Waals surface area contributed by atoms with Crippen LogP contribution in [0.5, 0.6) is 0 Å². The third kappa shape index (κ3) is 3.61. The molecule has 0 atom stereocenters. The fraction of sp³-hybridized carbons (Fsp3) is 0. The SMILES string of the molecule is c1ccc2cc3c(cc2c1)oc1c(-c2ccc(-c4cc5ccccc5c5c4oc4cc6ccccc6cc45)nc2)cc2ccccc2c13. The summed E-state index contributed by atoms with van der Waals surface area (Å²) >= 11 is 0. The second-order valence-corrected chi connectivity index (χ2v) is 12.7. The summed E-state index contributed by atoms with van der Waals surface area (Å²) < 4.78 is 13.4. The van der Waals surface area contributed by atoms with Gasteiger partial charge in [-0.2, -0.15) is 0 Å². The summed E-state index contributed by atoms with van der Waals surface area (Å²) in [6.45, 7) is 0. The molecule has 0 spiro atoms. The Morgan fingerprint density at radius 2 is 0.833 bits per heavy atom. The number of aromatic nitrogens is 1. The van der Waals surface area contributed by atoms with E-state index in [1.54, 1.807) is 0 Å². The zero-order valence-corrected chi connectivity index (χ0v) is 25.7. The number of hydrogen-bond donors (Lipinski definition) is 0. The minimum atomic E-state index is 0.858. The molecule has 0 amide bonds. The number of hydrogen-bond acceptors (Lipinski definition) is 3. The molecule has 0 unspecified atom stereocenters. The normalized spacial score (nSPS) is 12.2. The maximum absolute atomic E-state index is 6.70. The highest BCUT2D eigenvalue weighted by molar-refractivity contribution is 6.25. The molecule has 3 nitrogen and oxygen atoms in total. The van der Waals surface area contributed by atoms with Crippen LogP contribution in [-0.4, -0.2) is 4.98 Å². The Balaban J connectivity index is 1.14. The molecular weight excluding hydrogens is 587 g/mol. The van der Waals surface area contributed by atoms with Gasteiger partial charge in [-0.25, -0.2) is 0 Å². The van der Waals surface area contributed by atoms with Crippen molar-refractivity contribution in [3.05, 3.63) is 152 Å². The summed E-state index contributed by atoms with van der Waals surface area (Å²) in [5.41, 5.74) is 7.40. The van der Waals surface area contributed by atoms with Crippen LogP contribution < -0.4 is 0 Å². The maximum atomic E-state index is 6.70. The van der Waals surface area contributed by atoms with Gasteiger partial charge in [-0.1, -0.05) is 103 Å². The Labute approximate surface area is 274 Å². The van der Waals surface area contributed by atoms with Crippen LogP contribution in [0.1, 0.15) is 0 Å². The highest BCUT2D eigenvalue weighted by Crippen LogP contribution is 2.44. The highest BCUT2D eigenvalue weighted by Gasteiger charge is 2.20. The van der Waals surface area contributed by atoms with Crippen LogP contribution in [0.4, 0.5) is 0 Å². The summed E-state index contributed by atoms with van der Waals surface area (Å²) in [5, 5.41) is 13.9. The van der Waals surface area contributed by atoms with E-state index in [-0.39, 0.29) is 0 Å². The number of rotatable bonds is 2. The third-order valence-electron chi connectivity index (χ3n) is 10.0. The molecule has 0 radical (unpaired) electrons. The average Bonchev–Trinajstić information content (AvgIpc) is 3.71. The van der Waals surface area contributed by atoms with Crippen LogP contribution in [-0.2, 0) is 0 Å². The van der Waals surface area contributed by atoms with Crippen molar-refractivity contribution in [2.45, 2.75) is 0 Å². The number of nitrogens with zero attached hydrogens (tertiary/aromatic N) is 1. The van der Waals surface area contributed by atoms with Gasteiger partial charge in [0.15, 0.2) is 0 Å². The zero-order valence-electron chi connectivity index (χ0n) is 25.7. The number of benzene rings is 8. The molecule has 48 heavy (non-hydrogen) atoms. The Morgan fingerprint density at radius 1 is 0.375 bits per heavy atom. The van der Waals surface area contributed by atoms with Gasteiger partial charge in [0.1, 0.15) is 22.3 Å². The van der Waals surface area contributed by atoms with E-state index in [1.165, 1.54) is 32.3 Å². The van der Waals surface area contributed by atoms with E-state index >= 15 is 0 Å². The van der Waals surface area contributed by atoms with Crippen LogP contribution in [0.2, 0.25) is 0 Å². The average molecular weight is 612 g/mol. The summed E-state index contributed by atoms with van der Waals surface area (Å²) in [5.74, 6) is 0. The van der Waals surface area contributed by atoms with Gasteiger partial charge < -0.3 is 8.83 Å². The Kier molecular flexibility index (Phi) is 5.11. The molecule has 11 rings (SSSR count). The molecule has 11 aromatic rings. The molecule has 3 aromatic heterocycles. The quantitative estimate of drug-likeness (QED) is 0.195. The lowest BCUT2D eigenvalue weighted by Crippen LogP contribution is -1.88. The minimum Gasteiger partial charge on any atom is -0.455 e. The van der Waals surface area contributed by atoms with E-state index in [0.29, 0.717) is 0 Å². The monoisotopic (exact) mass is 611 g/mol. The van der Waals surface area contributed by atoms with Gasteiger partial charge in [-0.05, 0) is 85.6 Å². The molecule has 222 valence electrons. The molecule has 0 aliphatic rings. The second kappa shape index (κ2) is 9.54. The summed E-state index contributed by atoms with van der Waals surface area (Å²) in [4.78, 5) is 5.09. The molecule has 0 N–H and O–H groups in total. The molecule has 0 aliphatic carbocycles. The first-order chi connectivity index (χ1) is 23.8. The molecule has 3 heteroatoms. The van der Waals surface area contributed by atoms with Crippen LogP contribution in [0.15, 0.2) is 161 Å². The van der Waals surface area contributed by atoms with Crippen molar-refractivity contribution in [2.24, 2.45) is 0 Å². The molecular formula is C45H25NO2. The molecule has 0 aliphatic heterocycles. The van der Waals surface area contributed by atoms with Crippen LogP contribution in [0.25, 0.3) is 109 Å². The Hall–Kier alpha value is -6.45. The van der Waals surface area contributed by atoms with Gasteiger partial charge in [-0.3, -0.25) is 4.98 Å². The van der Waals surface area contributed by atoms with Crippen molar-refractivity contribution in [1.82, 2.24) is 4.98 Å². The van der Waals surface area contributed by atoms with Crippen molar-refractivity contribution in [3.63, 3.8) is 0 Å². The van der Waals surface area contributed by atoms with E-state index < -0.39 is 0 Å². The molecule has 3 heterocycles. The van der Waals surface area contributed by atoms with Crippen LogP contribution >= 0.6 is 0 Å². The largest absolute Gasteiger partial charge is 0.455 e. The highest BCUT2D eigenvalue weighted by atomic mass is 16.3. The second-order valence-electron chi connectivity index (χ2n) is 12.7. The smallest absolute Gasteiger partial charge is 0.145 e. The summed E-state index contributed by atoms with van der Waals surface area (Å²) in [6.07, 6.45) is 1.97. The van der Waals surface area contributed by atoms with Gasteiger partial charge >= 0.3 is 0 Å². The molecule has 0 saturated heterocycles. The van der Waals surface area contributed by atoms with Crippen molar-refractivity contribution in [2.75, 3.05) is 0 Å². The van der Waals surface area contributed by atoms with E-state index in [9.17, 15) is 0 Å². The standard InChI is InChI=1S/C45H25NO2/c1-3-11-28-23-40-37(19-26(28)9-1)42-33-15-7-5-13-30(33)21-35(44(42)47-40)32-17-18-39(46-25-32)36-22-31-14-6-8-16-34(31)43-38-20-27-10-2-4-12-29(27)24-41(38)48-45(36)43/h1-25H. The first-order valence-corrected chi connectivity index (χ1v) is 16.3. The third-order valence-corrected chi connectivity index (χ3v) is 10.0. The Morgan fingerprint density at radius 3 is 1.35 bits per heavy atom. The van der Waals surface area contributed by atoms with E-state index in [1.807, 2.05) is 6.20 Å². The minimum absolute atomic E-state index is 0.858. The lowest BCUT2D eigenvalue weighted by molar-refractivity contribution is 0.670. The predicted molar refractivity (Wildman–Crippen MR) is 200 cm³/mol. The van der Waals surface area contributed by atoms with Gasteiger partial charge in [-0.15, -0.1) is 0 Å². The van der Waals surface area contributed by atoms with E-state index in [2.05, 4.69) is 146 Å². The number of furan rings is 2. The Bertz CT molecular complexity index is 2900. The fourth-order valence-corrected chi connectivity index (χ4v) is 7.74. The van der Waals surface area contributed by atoms with Crippen molar-refractivity contribution in [1.29, 1.82) is 0 Å². The van der Waals surface area contributed by atoms with Crippen LogP contribution in [0.3, 0.4) is 0 Å². The molecule has 0 fully saturated rings. The fourth-order valence-electron chi connectivity index (χ4n) is 7.74. The number of fused-ring (bicyclic) bond motifs is 12. The maximum Gasteiger partial charge on any atom is 0.145 e. The summed E-state index contributed by atoms with van der Waals surface area (Å²) in [7, 11) is 0. The molecule has 0 bridgehead atoms. The van der Waals surface area contributed by atoms with Crippen molar-refractivity contribution in [3.8, 4) is 22.4 Å². The van der Waals surface area contributed by atoms with Crippen molar-refractivity contribution >= 4 is 87.0 Å². The van der Waals surface area contributed by atoms with Gasteiger partial charge in [0.25, 0.3) is 0 Å². The molecule has 8 aromatic carbocycles. The zero-order chi connectivity index (χ0) is 31.3. The first kappa shape index (κ1) is 25.7. The van der Waals surface area contributed by atoms with Gasteiger partial charge in [0.05, 0.1) is 5.69 Å². The first-order valence-electron chi connectivity index (χ1n) is 16.3. The van der Waals surface area contributed by atoms with Crippen LogP contribution in [0, 0.1) is 0 Å². The topological polar surface area (TPSA) is 39.2 Å². The van der Waals surface area contributed by atoms with Gasteiger partial charge in [0.2, 0.25) is 0 Å². The molecule has 0 saturated carbocycles. The van der Waals surface area contributed by atoms with Crippen molar-refractivity contribution < 1.29 is 8.83 Å². The number of pyridine rings is 1. The lowest BCUT2D eigenvalue weighted by Gasteiger charge is -2.09.